The van der Waals surface area contributed by atoms with Crippen LogP contribution in [0.25, 0.3) is 0 Å². The fourth-order valence-corrected chi connectivity index (χ4v) is 2.07. The molecule has 0 saturated carbocycles. The maximum Gasteiger partial charge on any atom is 0.124 e. The first-order chi connectivity index (χ1) is 7.66. The van der Waals surface area contributed by atoms with E-state index in [4.69, 9.17) is 10.5 Å². The van der Waals surface area contributed by atoms with Crippen molar-refractivity contribution in [1.82, 2.24) is 5.32 Å². The van der Waals surface area contributed by atoms with Crippen molar-refractivity contribution in [3.8, 4) is 5.75 Å². The SMILES string of the molecule is CC(C)NCC1CCOc2cc(N)ccc21. The molecule has 0 bridgehead atoms. The average molecular weight is 220 g/mol. The van der Waals surface area contributed by atoms with E-state index < -0.39 is 0 Å². The zero-order valence-corrected chi connectivity index (χ0v) is 9.99. The van der Waals surface area contributed by atoms with Crippen LogP contribution >= 0.6 is 0 Å². The number of anilines is 1. The molecule has 0 saturated heterocycles. The smallest absolute Gasteiger partial charge is 0.124 e. The van der Waals surface area contributed by atoms with Crippen LogP contribution < -0.4 is 15.8 Å². The number of benzene rings is 1. The van der Waals surface area contributed by atoms with Gasteiger partial charge in [0.05, 0.1) is 6.61 Å². The van der Waals surface area contributed by atoms with E-state index in [1.807, 2.05) is 12.1 Å². The van der Waals surface area contributed by atoms with Gasteiger partial charge < -0.3 is 15.8 Å². The van der Waals surface area contributed by atoms with E-state index in [1.165, 1.54) is 5.56 Å². The molecule has 1 heterocycles. The van der Waals surface area contributed by atoms with Crippen molar-refractivity contribution in [2.75, 3.05) is 18.9 Å². The molecule has 1 aliphatic rings. The molecule has 0 spiro atoms. The highest BCUT2D eigenvalue weighted by molar-refractivity contribution is 5.50. The third kappa shape index (κ3) is 2.47. The van der Waals surface area contributed by atoms with Crippen LogP contribution in [-0.2, 0) is 0 Å². The largest absolute Gasteiger partial charge is 0.493 e. The van der Waals surface area contributed by atoms with Crippen LogP contribution in [0.2, 0.25) is 0 Å². The van der Waals surface area contributed by atoms with Crippen LogP contribution in [0, 0.1) is 0 Å². The van der Waals surface area contributed by atoms with E-state index in [2.05, 4.69) is 25.2 Å². The molecule has 88 valence electrons. The van der Waals surface area contributed by atoms with Gasteiger partial charge in [-0.1, -0.05) is 19.9 Å². The number of nitrogens with one attached hydrogen (secondary N) is 1. The molecule has 3 heteroatoms. The van der Waals surface area contributed by atoms with Crippen molar-refractivity contribution in [1.29, 1.82) is 0 Å². The third-order valence-electron chi connectivity index (χ3n) is 2.97. The summed E-state index contributed by atoms with van der Waals surface area (Å²) in [6.45, 7) is 6.14. The number of nitrogen functional groups attached to an aromatic ring is 1. The first kappa shape index (κ1) is 11.3. The highest BCUT2D eigenvalue weighted by Gasteiger charge is 2.21. The maximum absolute atomic E-state index is 5.75. The van der Waals surface area contributed by atoms with E-state index in [9.17, 15) is 0 Å². The summed E-state index contributed by atoms with van der Waals surface area (Å²) in [5.41, 5.74) is 7.81. The van der Waals surface area contributed by atoms with E-state index >= 15 is 0 Å². The highest BCUT2D eigenvalue weighted by atomic mass is 16.5. The van der Waals surface area contributed by atoms with Crippen LogP contribution in [0.15, 0.2) is 18.2 Å². The van der Waals surface area contributed by atoms with Crippen LogP contribution in [-0.4, -0.2) is 19.2 Å². The summed E-state index contributed by atoms with van der Waals surface area (Å²) in [4.78, 5) is 0. The molecule has 1 atom stereocenters. The Kier molecular flexibility index (Phi) is 3.34. The predicted molar refractivity (Wildman–Crippen MR) is 66.8 cm³/mol. The summed E-state index contributed by atoms with van der Waals surface area (Å²) in [5, 5.41) is 3.48. The molecule has 0 fully saturated rings. The number of hydrogen-bond donors (Lipinski definition) is 2. The Bertz CT molecular complexity index is 363. The van der Waals surface area contributed by atoms with Crippen molar-refractivity contribution in [3.05, 3.63) is 23.8 Å². The summed E-state index contributed by atoms with van der Waals surface area (Å²) in [5.74, 6) is 1.51. The highest BCUT2D eigenvalue weighted by Crippen LogP contribution is 2.34. The van der Waals surface area contributed by atoms with Gasteiger partial charge in [0.1, 0.15) is 5.75 Å². The minimum absolute atomic E-state index is 0.528. The summed E-state index contributed by atoms with van der Waals surface area (Å²) < 4.78 is 5.63. The zero-order valence-electron chi connectivity index (χ0n) is 9.99. The molecule has 1 aromatic carbocycles. The number of fused-ring (bicyclic) bond motifs is 1. The Hall–Kier alpha value is -1.22. The average Bonchev–Trinajstić information content (AvgIpc) is 2.25. The van der Waals surface area contributed by atoms with Gasteiger partial charge in [0, 0.05) is 30.3 Å². The standard InChI is InChI=1S/C13H20N2O/c1-9(2)15-8-10-5-6-16-13-7-11(14)3-4-12(10)13/h3-4,7,9-10,15H,5-6,8,14H2,1-2H3. The summed E-state index contributed by atoms with van der Waals surface area (Å²) in [6.07, 6.45) is 1.08. The lowest BCUT2D eigenvalue weighted by molar-refractivity contribution is 0.263. The lowest BCUT2D eigenvalue weighted by Crippen LogP contribution is -2.30. The van der Waals surface area contributed by atoms with Crippen LogP contribution in [0.1, 0.15) is 31.7 Å². The number of hydrogen-bond acceptors (Lipinski definition) is 3. The number of ether oxygens (including phenoxy) is 1. The van der Waals surface area contributed by atoms with Crippen molar-refractivity contribution >= 4 is 5.69 Å². The van der Waals surface area contributed by atoms with Gasteiger partial charge >= 0.3 is 0 Å². The van der Waals surface area contributed by atoms with Gasteiger partial charge in [-0.25, -0.2) is 0 Å². The normalized spacial score (nSPS) is 19.3. The second kappa shape index (κ2) is 4.74. The molecule has 1 aromatic rings. The van der Waals surface area contributed by atoms with Crippen LogP contribution in [0.5, 0.6) is 5.75 Å². The predicted octanol–water partition coefficient (Wildman–Crippen LogP) is 2.13. The minimum Gasteiger partial charge on any atom is -0.493 e. The second-order valence-electron chi connectivity index (χ2n) is 4.69. The molecule has 1 aliphatic heterocycles. The van der Waals surface area contributed by atoms with Crippen molar-refractivity contribution < 1.29 is 4.74 Å². The molecule has 3 nitrogen and oxygen atoms in total. The second-order valence-corrected chi connectivity index (χ2v) is 4.69. The Balaban J connectivity index is 2.13. The molecular weight excluding hydrogens is 200 g/mol. The minimum atomic E-state index is 0.528. The molecule has 0 radical (unpaired) electrons. The topological polar surface area (TPSA) is 47.3 Å². The van der Waals surface area contributed by atoms with Crippen LogP contribution in [0.4, 0.5) is 5.69 Å². The van der Waals surface area contributed by atoms with Gasteiger partial charge in [0.25, 0.3) is 0 Å². The molecule has 16 heavy (non-hydrogen) atoms. The fraction of sp³-hybridized carbons (Fsp3) is 0.538. The van der Waals surface area contributed by atoms with E-state index in [1.54, 1.807) is 0 Å². The van der Waals surface area contributed by atoms with Gasteiger partial charge in [-0.05, 0) is 18.1 Å². The molecule has 0 amide bonds. The molecule has 3 N–H and O–H groups in total. The van der Waals surface area contributed by atoms with Gasteiger partial charge in [0.2, 0.25) is 0 Å². The van der Waals surface area contributed by atoms with Crippen molar-refractivity contribution in [3.63, 3.8) is 0 Å². The lowest BCUT2D eigenvalue weighted by Gasteiger charge is -2.27. The Morgan fingerprint density at radius 2 is 2.31 bits per heavy atom. The zero-order chi connectivity index (χ0) is 11.5. The van der Waals surface area contributed by atoms with Crippen molar-refractivity contribution in [2.24, 2.45) is 0 Å². The lowest BCUT2D eigenvalue weighted by atomic mass is 9.92. The maximum atomic E-state index is 5.75. The Labute approximate surface area is 97.0 Å². The molecule has 0 aromatic heterocycles. The van der Waals surface area contributed by atoms with E-state index in [0.29, 0.717) is 12.0 Å². The first-order valence-corrected chi connectivity index (χ1v) is 5.92. The van der Waals surface area contributed by atoms with Crippen molar-refractivity contribution in [2.45, 2.75) is 32.2 Å². The fourth-order valence-electron chi connectivity index (χ4n) is 2.07. The van der Waals surface area contributed by atoms with Gasteiger partial charge in [0.15, 0.2) is 0 Å². The molecule has 0 aliphatic carbocycles. The van der Waals surface area contributed by atoms with Gasteiger partial charge in [-0.15, -0.1) is 0 Å². The first-order valence-electron chi connectivity index (χ1n) is 5.92. The summed E-state index contributed by atoms with van der Waals surface area (Å²) in [7, 11) is 0. The van der Waals surface area contributed by atoms with E-state index in [0.717, 1.165) is 31.0 Å². The Morgan fingerprint density at radius 3 is 3.06 bits per heavy atom. The van der Waals surface area contributed by atoms with Gasteiger partial charge in [-0.3, -0.25) is 0 Å². The quantitative estimate of drug-likeness (QED) is 0.767. The summed E-state index contributed by atoms with van der Waals surface area (Å²) >= 11 is 0. The van der Waals surface area contributed by atoms with Gasteiger partial charge in [-0.2, -0.15) is 0 Å². The summed E-state index contributed by atoms with van der Waals surface area (Å²) in [6, 6.07) is 6.50. The molecular formula is C13H20N2O. The van der Waals surface area contributed by atoms with E-state index in [-0.39, 0.29) is 0 Å². The Morgan fingerprint density at radius 1 is 1.50 bits per heavy atom. The number of rotatable bonds is 3. The molecule has 2 rings (SSSR count). The third-order valence-corrected chi connectivity index (χ3v) is 2.97. The molecule has 1 unspecified atom stereocenters. The number of nitrogens with two attached hydrogens (primary N) is 1. The monoisotopic (exact) mass is 220 g/mol. The van der Waals surface area contributed by atoms with Crippen LogP contribution in [0.3, 0.4) is 0 Å².